The summed E-state index contributed by atoms with van der Waals surface area (Å²) in [6, 6.07) is 0. The number of nitrogens with one attached hydrogen (secondary N) is 1. The zero-order chi connectivity index (χ0) is 12.3. The lowest BCUT2D eigenvalue weighted by Crippen LogP contribution is -2.52. The summed E-state index contributed by atoms with van der Waals surface area (Å²) in [6.07, 6.45) is 4.25. The van der Waals surface area contributed by atoms with Crippen LogP contribution in [-0.4, -0.2) is 49.7 Å². The fourth-order valence-corrected chi connectivity index (χ4v) is 2.88. The number of likely N-dealkylation sites (tertiary alicyclic amines) is 1. The maximum Gasteiger partial charge on any atom is 0.227 e. The first kappa shape index (κ1) is 12.8. The molecule has 0 aromatic carbocycles. The van der Waals surface area contributed by atoms with E-state index in [1.807, 2.05) is 4.90 Å². The first-order chi connectivity index (χ1) is 8.14. The second-order valence-electron chi connectivity index (χ2n) is 5.56. The zero-order valence-corrected chi connectivity index (χ0v) is 11.0. The maximum absolute atomic E-state index is 12.4. The molecule has 17 heavy (non-hydrogen) atoms. The highest BCUT2D eigenvalue weighted by Gasteiger charge is 2.35. The highest BCUT2D eigenvalue weighted by atomic mass is 16.5. The van der Waals surface area contributed by atoms with Gasteiger partial charge in [0.05, 0.1) is 11.5 Å². The smallest absolute Gasteiger partial charge is 0.227 e. The van der Waals surface area contributed by atoms with Gasteiger partial charge in [0.25, 0.3) is 0 Å². The minimum Gasteiger partial charge on any atom is -0.377 e. The van der Waals surface area contributed by atoms with Gasteiger partial charge in [0.2, 0.25) is 5.91 Å². The second-order valence-corrected chi connectivity index (χ2v) is 5.56. The van der Waals surface area contributed by atoms with Gasteiger partial charge >= 0.3 is 0 Å². The number of hydrogen-bond acceptors (Lipinski definition) is 3. The van der Waals surface area contributed by atoms with Crippen LogP contribution in [0.15, 0.2) is 0 Å². The van der Waals surface area contributed by atoms with E-state index in [1.165, 1.54) is 0 Å². The molecular formula is C13H24N2O2. The van der Waals surface area contributed by atoms with E-state index in [-0.39, 0.29) is 11.5 Å². The first-order valence-corrected chi connectivity index (χ1v) is 6.69. The highest BCUT2D eigenvalue weighted by molar-refractivity contribution is 5.79. The van der Waals surface area contributed by atoms with Crippen molar-refractivity contribution in [1.82, 2.24) is 10.2 Å². The molecule has 2 aliphatic heterocycles. The molecule has 2 saturated heterocycles. The van der Waals surface area contributed by atoms with Crippen LogP contribution in [0.5, 0.6) is 0 Å². The van der Waals surface area contributed by atoms with Crippen LogP contribution in [0.1, 0.15) is 32.6 Å². The van der Waals surface area contributed by atoms with E-state index >= 15 is 0 Å². The van der Waals surface area contributed by atoms with E-state index in [4.69, 9.17) is 4.74 Å². The summed E-state index contributed by atoms with van der Waals surface area (Å²) >= 11 is 0. The third kappa shape index (κ3) is 2.99. The Bertz CT molecular complexity index is 277. The topological polar surface area (TPSA) is 41.6 Å². The fraction of sp³-hybridized carbons (Fsp3) is 0.923. The number of hydrogen-bond donors (Lipinski definition) is 1. The van der Waals surface area contributed by atoms with Crippen LogP contribution in [0.2, 0.25) is 0 Å². The number of methoxy groups -OCH3 is 1. The molecule has 2 atom stereocenters. The molecule has 98 valence electrons. The van der Waals surface area contributed by atoms with Gasteiger partial charge < -0.3 is 15.0 Å². The second kappa shape index (κ2) is 5.36. The summed E-state index contributed by atoms with van der Waals surface area (Å²) in [5.41, 5.74) is -0.143. The van der Waals surface area contributed by atoms with Crippen LogP contribution >= 0.6 is 0 Å². The molecule has 2 rings (SSSR count). The van der Waals surface area contributed by atoms with Gasteiger partial charge in [0.15, 0.2) is 0 Å². The summed E-state index contributed by atoms with van der Waals surface area (Å²) < 4.78 is 5.54. The molecular weight excluding hydrogens is 216 g/mol. The van der Waals surface area contributed by atoms with Gasteiger partial charge in [-0.25, -0.2) is 0 Å². The van der Waals surface area contributed by atoms with Crippen LogP contribution in [0.4, 0.5) is 0 Å². The molecule has 2 fully saturated rings. The Labute approximate surface area is 104 Å². The summed E-state index contributed by atoms with van der Waals surface area (Å²) in [5.74, 6) is 0.503. The Morgan fingerprint density at radius 1 is 1.47 bits per heavy atom. The van der Waals surface area contributed by atoms with Crippen molar-refractivity contribution in [2.24, 2.45) is 5.92 Å². The van der Waals surface area contributed by atoms with Crippen molar-refractivity contribution < 1.29 is 9.53 Å². The van der Waals surface area contributed by atoms with Crippen LogP contribution < -0.4 is 5.32 Å². The lowest BCUT2D eigenvalue weighted by Gasteiger charge is -2.41. The van der Waals surface area contributed by atoms with Crippen molar-refractivity contribution in [3.63, 3.8) is 0 Å². The number of carbonyl (C=O) groups excluding carboxylic acids is 1. The number of piperidine rings is 2. The molecule has 0 spiro atoms. The minimum absolute atomic E-state index is 0.143. The predicted molar refractivity (Wildman–Crippen MR) is 66.8 cm³/mol. The summed E-state index contributed by atoms with van der Waals surface area (Å²) in [4.78, 5) is 14.4. The molecule has 1 N–H and O–H groups in total. The Hall–Kier alpha value is -0.610. The Morgan fingerprint density at radius 3 is 2.94 bits per heavy atom. The summed E-state index contributed by atoms with van der Waals surface area (Å²) in [5, 5.41) is 3.31. The van der Waals surface area contributed by atoms with Crippen LogP contribution in [0.3, 0.4) is 0 Å². The monoisotopic (exact) mass is 240 g/mol. The molecule has 0 aliphatic carbocycles. The molecule has 2 heterocycles. The number of rotatable bonds is 2. The SMILES string of the molecule is COC1(C)CCCN(C(=O)[C@H]2CCCNC2)C1. The van der Waals surface area contributed by atoms with Crippen molar-refractivity contribution in [3.05, 3.63) is 0 Å². The zero-order valence-electron chi connectivity index (χ0n) is 11.0. The van der Waals surface area contributed by atoms with Crippen molar-refractivity contribution in [2.75, 3.05) is 33.3 Å². The number of amides is 1. The standard InChI is InChI=1S/C13H24N2O2/c1-13(17-2)6-4-8-15(10-13)12(16)11-5-3-7-14-9-11/h11,14H,3-10H2,1-2H3/t11-,13?/m0/s1. The Kier molecular flexibility index (Phi) is 4.05. The molecule has 1 unspecified atom stereocenters. The molecule has 4 nitrogen and oxygen atoms in total. The fourth-order valence-electron chi connectivity index (χ4n) is 2.88. The van der Waals surface area contributed by atoms with Crippen LogP contribution in [0, 0.1) is 5.92 Å². The van der Waals surface area contributed by atoms with Crippen LogP contribution in [-0.2, 0) is 9.53 Å². The van der Waals surface area contributed by atoms with E-state index < -0.39 is 0 Å². The summed E-state index contributed by atoms with van der Waals surface area (Å²) in [7, 11) is 1.75. The molecule has 2 aliphatic rings. The lowest BCUT2D eigenvalue weighted by atomic mass is 9.92. The van der Waals surface area contributed by atoms with Gasteiger partial charge in [0, 0.05) is 26.7 Å². The van der Waals surface area contributed by atoms with Gasteiger partial charge in [-0.15, -0.1) is 0 Å². The Balaban J connectivity index is 1.94. The average Bonchev–Trinajstić information content (AvgIpc) is 2.39. The Morgan fingerprint density at radius 2 is 2.29 bits per heavy atom. The van der Waals surface area contributed by atoms with E-state index in [0.717, 1.165) is 51.9 Å². The first-order valence-electron chi connectivity index (χ1n) is 6.69. The minimum atomic E-state index is -0.143. The molecule has 0 saturated carbocycles. The van der Waals surface area contributed by atoms with E-state index in [1.54, 1.807) is 7.11 Å². The molecule has 0 bridgehead atoms. The van der Waals surface area contributed by atoms with E-state index in [2.05, 4.69) is 12.2 Å². The van der Waals surface area contributed by atoms with Gasteiger partial charge in [-0.3, -0.25) is 4.79 Å². The van der Waals surface area contributed by atoms with Gasteiger partial charge in [-0.05, 0) is 39.2 Å². The van der Waals surface area contributed by atoms with Crippen molar-refractivity contribution in [2.45, 2.75) is 38.2 Å². The normalized spacial score (nSPS) is 34.7. The third-order valence-corrected chi connectivity index (χ3v) is 4.11. The molecule has 1 amide bonds. The van der Waals surface area contributed by atoms with Gasteiger partial charge in [0.1, 0.15) is 0 Å². The maximum atomic E-state index is 12.4. The number of carbonyl (C=O) groups is 1. The van der Waals surface area contributed by atoms with E-state index in [0.29, 0.717) is 5.91 Å². The van der Waals surface area contributed by atoms with E-state index in [9.17, 15) is 4.79 Å². The third-order valence-electron chi connectivity index (χ3n) is 4.11. The molecule has 4 heteroatoms. The molecule has 0 aromatic rings. The van der Waals surface area contributed by atoms with Gasteiger partial charge in [-0.1, -0.05) is 0 Å². The van der Waals surface area contributed by atoms with Crippen LogP contribution in [0.25, 0.3) is 0 Å². The van der Waals surface area contributed by atoms with Gasteiger partial charge in [-0.2, -0.15) is 0 Å². The predicted octanol–water partition coefficient (Wildman–Crippen LogP) is 1.01. The number of ether oxygens (including phenoxy) is 1. The lowest BCUT2D eigenvalue weighted by molar-refractivity contribution is -0.144. The van der Waals surface area contributed by atoms with Crippen molar-refractivity contribution in [1.29, 1.82) is 0 Å². The molecule has 0 radical (unpaired) electrons. The molecule has 0 aromatic heterocycles. The quantitative estimate of drug-likeness (QED) is 0.783. The van der Waals surface area contributed by atoms with Crippen molar-refractivity contribution in [3.8, 4) is 0 Å². The summed E-state index contributed by atoms with van der Waals surface area (Å²) in [6.45, 7) is 5.65. The largest absolute Gasteiger partial charge is 0.377 e. The average molecular weight is 240 g/mol. The number of nitrogens with zero attached hydrogens (tertiary/aromatic N) is 1. The highest BCUT2D eigenvalue weighted by Crippen LogP contribution is 2.25. The van der Waals surface area contributed by atoms with Crippen molar-refractivity contribution >= 4 is 5.91 Å².